The van der Waals surface area contributed by atoms with E-state index in [1.807, 2.05) is 66.5 Å². The Morgan fingerprint density at radius 2 is 1.62 bits per heavy atom. The number of anilines is 2. The molecule has 1 N–H and O–H groups in total. The molecule has 0 bridgehead atoms. The minimum atomic E-state index is -0.819. The van der Waals surface area contributed by atoms with Crippen LogP contribution in [0.4, 0.5) is 11.4 Å². The number of benzene rings is 2. The van der Waals surface area contributed by atoms with Gasteiger partial charge in [0.2, 0.25) is 0 Å². The SMILES string of the molecule is CN1CCN(C(C(=O)O)c2ccccc2)c2ccccc21. The van der Waals surface area contributed by atoms with Gasteiger partial charge in [-0.1, -0.05) is 42.5 Å². The molecule has 1 heterocycles. The van der Waals surface area contributed by atoms with Crippen molar-refractivity contribution in [2.45, 2.75) is 6.04 Å². The molecular formula is C17H18N2O2. The summed E-state index contributed by atoms with van der Waals surface area (Å²) in [5.74, 6) is -0.819. The van der Waals surface area contributed by atoms with Gasteiger partial charge < -0.3 is 14.9 Å². The number of hydrogen-bond acceptors (Lipinski definition) is 3. The summed E-state index contributed by atoms with van der Waals surface area (Å²) < 4.78 is 0. The second-order valence-corrected chi connectivity index (χ2v) is 5.26. The molecule has 108 valence electrons. The third kappa shape index (κ3) is 2.44. The quantitative estimate of drug-likeness (QED) is 0.940. The van der Waals surface area contributed by atoms with Gasteiger partial charge in [-0.2, -0.15) is 0 Å². The molecule has 21 heavy (non-hydrogen) atoms. The summed E-state index contributed by atoms with van der Waals surface area (Å²) in [5.41, 5.74) is 2.86. The van der Waals surface area contributed by atoms with Gasteiger partial charge in [-0.15, -0.1) is 0 Å². The van der Waals surface area contributed by atoms with Crippen molar-refractivity contribution in [1.29, 1.82) is 0 Å². The zero-order chi connectivity index (χ0) is 14.8. The highest BCUT2D eigenvalue weighted by Gasteiger charge is 2.31. The minimum Gasteiger partial charge on any atom is -0.479 e. The van der Waals surface area contributed by atoms with Crippen LogP contribution in [0.25, 0.3) is 0 Å². The molecule has 0 saturated carbocycles. The van der Waals surface area contributed by atoms with E-state index in [2.05, 4.69) is 4.90 Å². The summed E-state index contributed by atoms with van der Waals surface area (Å²) in [7, 11) is 2.04. The van der Waals surface area contributed by atoms with Crippen molar-refractivity contribution in [1.82, 2.24) is 0 Å². The first-order valence-electron chi connectivity index (χ1n) is 7.03. The maximum atomic E-state index is 11.8. The van der Waals surface area contributed by atoms with Crippen LogP contribution >= 0.6 is 0 Å². The van der Waals surface area contributed by atoms with Gasteiger partial charge in [0.25, 0.3) is 0 Å². The fourth-order valence-corrected chi connectivity index (χ4v) is 2.89. The van der Waals surface area contributed by atoms with Gasteiger partial charge >= 0.3 is 5.97 Å². The highest BCUT2D eigenvalue weighted by molar-refractivity contribution is 5.84. The standard InChI is InChI=1S/C17H18N2O2/c1-18-11-12-19(15-10-6-5-9-14(15)18)16(17(20)21)13-7-3-2-4-8-13/h2-10,16H,11-12H2,1H3,(H,20,21). The van der Waals surface area contributed by atoms with E-state index in [0.717, 1.165) is 23.5 Å². The van der Waals surface area contributed by atoms with Crippen molar-refractivity contribution >= 4 is 17.3 Å². The highest BCUT2D eigenvalue weighted by Crippen LogP contribution is 2.37. The van der Waals surface area contributed by atoms with Gasteiger partial charge in [-0.05, 0) is 17.7 Å². The van der Waals surface area contributed by atoms with Gasteiger partial charge in [-0.25, -0.2) is 4.79 Å². The first-order chi connectivity index (χ1) is 10.2. The Kier molecular flexibility index (Phi) is 3.52. The molecule has 0 amide bonds. The van der Waals surface area contributed by atoms with Gasteiger partial charge in [0, 0.05) is 20.1 Å². The number of hydrogen-bond donors (Lipinski definition) is 1. The van der Waals surface area contributed by atoms with Crippen molar-refractivity contribution in [2.24, 2.45) is 0 Å². The molecule has 0 fully saturated rings. The Bertz CT molecular complexity index is 642. The molecule has 0 saturated heterocycles. The predicted molar refractivity (Wildman–Crippen MR) is 83.9 cm³/mol. The summed E-state index contributed by atoms with van der Waals surface area (Å²) >= 11 is 0. The molecule has 1 aliphatic heterocycles. The Hall–Kier alpha value is -2.49. The van der Waals surface area contributed by atoms with Crippen molar-refractivity contribution in [3.8, 4) is 0 Å². The monoisotopic (exact) mass is 282 g/mol. The normalized spacial score (nSPS) is 15.5. The van der Waals surface area contributed by atoms with Crippen LogP contribution in [0.3, 0.4) is 0 Å². The van der Waals surface area contributed by atoms with E-state index in [1.165, 1.54) is 0 Å². The maximum Gasteiger partial charge on any atom is 0.331 e. The van der Waals surface area contributed by atoms with Gasteiger partial charge in [-0.3, -0.25) is 0 Å². The number of para-hydroxylation sites is 2. The van der Waals surface area contributed by atoms with Crippen LogP contribution in [0, 0.1) is 0 Å². The number of carbonyl (C=O) groups is 1. The fourth-order valence-electron chi connectivity index (χ4n) is 2.89. The number of rotatable bonds is 3. The Labute approximate surface area is 124 Å². The van der Waals surface area contributed by atoms with Gasteiger partial charge in [0.1, 0.15) is 0 Å². The molecule has 0 aromatic heterocycles. The number of fused-ring (bicyclic) bond motifs is 1. The third-order valence-corrected chi connectivity index (χ3v) is 3.94. The van der Waals surface area contributed by atoms with E-state index in [1.54, 1.807) is 0 Å². The predicted octanol–water partition coefficient (Wildman–Crippen LogP) is 2.77. The van der Waals surface area contributed by atoms with Crippen LogP contribution in [0.1, 0.15) is 11.6 Å². The zero-order valence-corrected chi connectivity index (χ0v) is 11.9. The fraction of sp³-hybridized carbons (Fsp3) is 0.235. The van der Waals surface area contributed by atoms with Crippen LogP contribution < -0.4 is 9.80 Å². The molecule has 1 unspecified atom stereocenters. The molecule has 1 atom stereocenters. The number of aliphatic carboxylic acids is 1. The van der Waals surface area contributed by atoms with Crippen molar-refractivity contribution in [3.63, 3.8) is 0 Å². The Morgan fingerprint density at radius 1 is 1.00 bits per heavy atom. The Morgan fingerprint density at radius 3 is 2.29 bits per heavy atom. The average molecular weight is 282 g/mol. The first-order valence-corrected chi connectivity index (χ1v) is 7.03. The van der Waals surface area contributed by atoms with E-state index >= 15 is 0 Å². The lowest BCUT2D eigenvalue weighted by atomic mass is 10.0. The molecule has 4 heteroatoms. The zero-order valence-electron chi connectivity index (χ0n) is 11.9. The lowest BCUT2D eigenvalue weighted by Gasteiger charge is -2.40. The molecule has 1 aliphatic rings. The van der Waals surface area contributed by atoms with Crippen LogP contribution in [-0.4, -0.2) is 31.2 Å². The highest BCUT2D eigenvalue weighted by atomic mass is 16.4. The van der Waals surface area contributed by atoms with Gasteiger partial charge in [0.05, 0.1) is 11.4 Å². The lowest BCUT2D eigenvalue weighted by Crippen LogP contribution is -2.43. The summed E-state index contributed by atoms with van der Waals surface area (Å²) in [5, 5.41) is 9.72. The smallest absolute Gasteiger partial charge is 0.331 e. The molecule has 2 aromatic carbocycles. The second kappa shape index (κ2) is 5.48. The van der Waals surface area contributed by atoms with Crippen LogP contribution in [0.5, 0.6) is 0 Å². The van der Waals surface area contributed by atoms with E-state index in [-0.39, 0.29) is 0 Å². The van der Waals surface area contributed by atoms with E-state index in [4.69, 9.17) is 0 Å². The summed E-state index contributed by atoms with van der Waals surface area (Å²) in [6.45, 7) is 1.51. The topological polar surface area (TPSA) is 43.8 Å². The van der Waals surface area contributed by atoms with Crippen molar-refractivity contribution in [3.05, 3.63) is 60.2 Å². The van der Waals surface area contributed by atoms with Crippen LogP contribution in [0.15, 0.2) is 54.6 Å². The molecule has 2 aromatic rings. The molecule has 0 spiro atoms. The first kappa shape index (κ1) is 13.5. The van der Waals surface area contributed by atoms with E-state index in [0.29, 0.717) is 6.54 Å². The van der Waals surface area contributed by atoms with Crippen LogP contribution in [0.2, 0.25) is 0 Å². The lowest BCUT2D eigenvalue weighted by molar-refractivity contribution is -0.138. The van der Waals surface area contributed by atoms with Crippen molar-refractivity contribution < 1.29 is 9.90 Å². The Balaban J connectivity index is 2.06. The third-order valence-electron chi connectivity index (χ3n) is 3.94. The van der Waals surface area contributed by atoms with E-state index in [9.17, 15) is 9.90 Å². The largest absolute Gasteiger partial charge is 0.479 e. The summed E-state index contributed by atoms with van der Waals surface area (Å²) in [4.78, 5) is 16.0. The molecule has 3 rings (SSSR count). The maximum absolute atomic E-state index is 11.8. The number of carboxylic acid groups (broad SMARTS) is 1. The van der Waals surface area contributed by atoms with Gasteiger partial charge in [0.15, 0.2) is 6.04 Å². The summed E-state index contributed by atoms with van der Waals surface area (Å²) in [6, 6.07) is 16.7. The number of nitrogens with zero attached hydrogens (tertiary/aromatic N) is 2. The number of likely N-dealkylation sites (N-methyl/N-ethyl adjacent to an activating group) is 1. The van der Waals surface area contributed by atoms with Crippen LogP contribution in [-0.2, 0) is 4.79 Å². The summed E-state index contributed by atoms with van der Waals surface area (Å²) in [6.07, 6.45) is 0. The average Bonchev–Trinajstić information content (AvgIpc) is 2.51. The molecule has 4 nitrogen and oxygen atoms in total. The molecule has 0 radical (unpaired) electrons. The molecular weight excluding hydrogens is 264 g/mol. The number of carboxylic acids is 1. The molecule has 0 aliphatic carbocycles. The minimum absolute atomic E-state index is 0.652. The second-order valence-electron chi connectivity index (χ2n) is 5.26. The van der Waals surface area contributed by atoms with Crippen molar-refractivity contribution in [2.75, 3.05) is 29.9 Å². The van der Waals surface area contributed by atoms with E-state index < -0.39 is 12.0 Å².